The summed E-state index contributed by atoms with van der Waals surface area (Å²) < 4.78 is 0. The van der Waals surface area contributed by atoms with Crippen LogP contribution in [0.1, 0.15) is 26.3 Å². The third-order valence-corrected chi connectivity index (χ3v) is 3.65. The number of carbonyl (C=O) groups excluding carboxylic acids is 1. The number of amides is 1. The zero-order valence-electron chi connectivity index (χ0n) is 13.0. The molecule has 0 aliphatic rings. The maximum absolute atomic E-state index is 12.4. The highest BCUT2D eigenvalue weighted by atomic mass is 16.4. The van der Waals surface area contributed by atoms with Crippen molar-refractivity contribution in [2.45, 2.75) is 0 Å². The van der Waals surface area contributed by atoms with Gasteiger partial charge in [0.1, 0.15) is 5.75 Å². The predicted octanol–water partition coefficient (Wildman–Crippen LogP) is 3.01. The van der Waals surface area contributed by atoms with Crippen molar-refractivity contribution in [2.24, 2.45) is 5.10 Å². The molecule has 0 unspecified atom stereocenters. The lowest BCUT2D eigenvalue weighted by atomic mass is 10.0. The molecule has 0 spiro atoms. The molecule has 0 aromatic heterocycles. The number of aromatic carboxylic acids is 1. The third-order valence-electron chi connectivity index (χ3n) is 3.65. The summed E-state index contributed by atoms with van der Waals surface area (Å²) in [4.78, 5) is 23.3. The molecule has 0 radical (unpaired) electrons. The van der Waals surface area contributed by atoms with Crippen molar-refractivity contribution in [3.63, 3.8) is 0 Å². The summed E-state index contributed by atoms with van der Waals surface area (Å²) in [6.45, 7) is 0. The number of carboxylic acid groups (broad SMARTS) is 1. The van der Waals surface area contributed by atoms with Gasteiger partial charge in [-0.15, -0.1) is 0 Å². The number of carbonyl (C=O) groups is 2. The van der Waals surface area contributed by atoms with Crippen LogP contribution in [0.25, 0.3) is 10.8 Å². The Kier molecular flexibility index (Phi) is 4.43. The average Bonchev–Trinajstić information content (AvgIpc) is 2.61. The molecule has 0 bridgehead atoms. The fourth-order valence-electron chi connectivity index (χ4n) is 2.47. The fraction of sp³-hybridized carbons (Fsp3) is 0. The lowest BCUT2D eigenvalue weighted by Gasteiger charge is -2.07. The fourth-order valence-corrected chi connectivity index (χ4v) is 2.47. The van der Waals surface area contributed by atoms with Crippen LogP contribution in [0, 0.1) is 0 Å². The second-order valence-electron chi connectivity index (χ2n) is 5.31. The first-order valence-electron chi connectivity index (χ1n) is 7.44. The number of hydrazone groups is 1. The van der Waals surface area contributed by atoms with E-state index in [1.807, 2.05) is 12.1 Å². The van der Waals surface area contributed by atoms with Gasteiger partial charge in [0.25, 0.3) is 5.91 Å². The number of phenolic OH excluding ortho intramolecular Hbond substituents is 1. The molecule has 0 saturated heterocycles. The number of hydrogen-bond acceptors (Lipinski definition) is 4. The Morgan fingerprint density at radius 1 is 1.00 bits per heavy atom. The van der Waals surface area contributed by atoms with Gasteiger partial charge in [-0.25, -0.2) is 10.2 Å². The molecular weight excluding hydrogens is 320 g/mol. The van der Waals surface area contributed by atoms with Gasteiger partial charge in [0.2, 0.25) is 0 Å². The smallest absolute Gasteiger partial charge is 0.335 e. The van der Waals surface area contributed by atoms with Gasteiger partial charge in [0.15, 0.2) is 0 Å². The summed E-state index contributed by atoms with van der Waals surface area (Å²) in [7, 11) is 0. The van der Waals surface area contributed by atoms with Crippen LogP contribution in [-0.2, 0) is 0 Å². The van der Waals surface area contributed by atoms with Gasteiger partial charge in [-0.1, -0.05) is 42.5 Å². The van der Waals surface area contributed by atoms with Gasteiger partial charge in [-0.2, -0.15) is 5.10 Å². The molecule has 1 amide bonds. The standard InChI is InChI=1S/C19H14N2O4/c22-16-9-8-13-5-1-2-7-15(13)17(16)18(23)21-20-11-12-4-3-6-14(10-12)19(24)25/h1-11,22H,(H,21,23)(H,24,25). The second kappa shape index (κ2) is 6.84. The number of nitrogens with zero attached hydrogens (tertiary/aromatic N) is 1. The van der Waals surface area contributed by atoms with Crippen LogP contribution >= 0.6 is 0 Å². The number of benzene rings is 3. The number of rotatable bonds is 4. The van der Waals surface area contributed by atoms with E-state index in [4.69, 9.17) is 5.11 Å². The zero-order valence-corrected chi connectivity index (χ0v) is 13.0. The Morgan fingerprint density at radius 3 is 2.60 bits per heavy atom. The van der Waals surface area contributed by atoms with Crippen molar-refractivity contribution in [2.75, 3.05) is 0 Å². The maximum atomic E-state index is 12.4. The van der Waals surface area contributed by atoms with Crippen LogP contribution in [-0.4, -0.2) is 28.3 Å². The summed E-state index contributed by atoms with van der Waals surface area (Å²) in [6.07, 6.45) is 1.34. The van der Waals surface area contributed by atoms with Gasteiger partial charge in [-0.05, 0) is 34.5 Å². The highest BCUT2D eigenvalue weighted by molar-refractivity contribution is 6.09. The highest BCUT2D eigenvalue weighted by Crippen LogP contribution is 2.26. The normalized spacial score (nSPS) is 10.9. The van der Waals surface area contributed by atoms with Crippen molar-refractivity contribution in [1.29, 1.82) is 0 Å². The molecule has 0 heterocycles. The lowest BCUT2D eigenvalue weighted by molar-refractivity contribution is 0.0696. The Hall–Kier alpha value is -3.67. The summed E-state index contributed by atoms with van der Waals surface area (Å²) in [6, 6.07) is 16.5. The second-order valence-corrected chi connectivity index (χ2v) is 5.31. The summed E-state index contributed by atoms with van der Waals surface area (Å²) in [5.74, 6) is -1.74. The number of carboxylic acids is 1. The lowest BCUT2D eigenvalue weighted by Crippen LogP contribution is -2.18. The molecule has 124 valence electrons. The third kappa shape index (κ3) is 3.48. The molecule has 0 atom stereocenters. The van der Waals surface area contributed by atoms with Crippen molar-refractivity contribution >= 4 is 28.9 Å². The van der Waals surface area contributed by atoms with E-state index in [0.29, 0.717) is 10.9 Å². The van der Waals surface area contributed by atoms with E-state index in [1.54, 1.807) is 30.3 Å². The van der Waals surface area contributed by atoms with Crippen molar-refractivity contribution in [1.82, 2.24) is 5.43 Å². The van der Waals surface area contributed by atoms with Crippen LogP contribution < -0.4 is 5.43 Å². The monoisotopic (exact) mass is 334 g/mol. The van der Waals surface area contributed by atoms with Crippen LogP contribution in [0.3, 0.4) is 0 Å². The van der Waals surface area contributed by atoms with Crippen LogP contribution in [0.5, 0.6) is 5.75 Å². The number of nitrogens with one attached hydrogen (secondary N) is 1. The number of fused-ring (bicyclic) bond motifs is 1. The molecule has 3 N–H and O–H groups in total. The van der Waals surface area contributed by atoms with Gasteiger partial charge >= 0.3 is 5.97 Å². The Morgan fingerprint density at radius 2 is 1.80 bits per heavy atom. The minimum atomic E-state index is -1.04. The van der Waals surface area contributed by atoms with E-state index in [-0.39, 0.29) is 16.9 Å². The first-order chi connectivity index (χ1) is 12.1. The van der Waals surface area contributed by atoms with Crippen molar-refractivity contribution in [3.05, 3.63) is 77.4 Å². The Bertz CT molecular complexity index is 996. The Balaban J connectivity index is 1.83. The predicted molar refractivity (Wildman–Crippen MR) is 94.1 cm³/mol. The topological polar surface area (TPSA) is 99.0 Å². The largest absolute Gasteiger partial charge is 0.507 e. The number of phenols is 1. The SMILES string of the molecule is O=C(O)c1cccc(C=NNC(=O)c2c(O)ccc3ccccc23)c1. The maximum Gasteiger partial charge on any atom is 0.335 e. The highest BCUT2D eigenvalue weighted by Gasteiger charge is 2.14. The van der Waals surface area contributed by atoms with Gasteiger partial charge < -0.3 is 10.2 Å². The Labute approximate surface area is 143 Å². The summed E-state index contributed by atoms with van der Waals surface area (Å²) in [5, 5.41) is 24.2. The summed E-state index contributed by atoms with van der Waals surface area (Å²) in [5.41, 5.74) is 3.14. The van der Waals surface area contributed by atoms with Crippen LogP contribution in [0.2, 0.25) is 0 Å². The molecule has 6 heteroatoms. The average molecular weight is 334 g/mol. The minimum absolute atomic E-state index is 0.127. The molecule has 6 nitrogen and oxygen atoms in total. The molecule has 0 aliphatic heterocycles. The van der Waals surface area contributed by atoms with Crippen molar-refractivity contribution < 1.29 is 19.8 Å². The molecule has 25 heavy (non-hydrogen) atoms. The molecular formula is C19H14N2O4. The quantitative estimate of drug-likeness (QED) is 0.504. The molecule has 3 aromatic carbocycles. The van der Waals surface area contributed by atoms with Gasteiger partial charge in [0, 0.05) is 0 Å². The first kappa shape index (κ1) is 16.2. The van der Waals surface area contributed by atoms with Crippen LogP contribution in [0.4, 0.5) is 0 Å². The van der Waals surface area contributed by atoms with Crippen molar-refractivity contribution in [3.8, 4) is 5.75 Å². The van der Waals surface area contributed by atoms with Crippen LogP contribution in [0.15, 0.2) is 65.8 Å². The minimum Gasteiger partial charge on any atom is -0.507 e. The molecule has 0 aliphatic carbocycles. The van der Waals surface area contributed by atoms with Gasteiger partial charge in [0.05, 0.1) is 17.3 Å². The first-order valence-corrected chi connectivity index (χ1v) is 7.44. The van der Waals surface area contributed by atoms with Gasteiger partial charge in [-0.3, -0.25) is 4.79 Å². The molecule has 0 saturated carbocycles. The zero-order chi connectivity index (χ0) is 17.8. The number of aromatic hydroxyl groups is 1. The molecule has 3 aromatic rings. The number of hydrogen-bond donors (Lipinski definition) is 3. The van der Waals surface area contributed by atoms with E-state index in [1.165, 1.54) is 24.4 Å². The van der Waals surface area contributed by atoms with E-state index < -0.39 is 11.9 Å². The molecule has 0 fully saturated rings. The van der Waals surface area contributed by atoms with E-state index >= 15 is 0 Å². The van der Waals surface area contributed by atoms with E-state index in [0.717, 1.165) is 5.39 Å². The summed E-state index contributed by atoms with van der Waals surface area (Å²) >= 11 is 0. The van der Waals surface area contributed by atoms with E-state index in [9.17, 15) is 14.7 Å². The van der Waals surface area contributed by atoms with E-state index in [2.05, 4.69) is 10.5 Å². The molecule has 3 rings (SSSR count).